The molecular weight excluding hydrogens is 555 g/mol. The maximum atomic E-state index is 5.32. The van der Waals surface area contributed by atoms with Crippen molar-refractivity contribution in [3.8, 4) is 39.5 Å². The van der Waals surface area contributed by atoms with Gasteiger partial charge >= 0.3 is 0 Å². The first-order chi connectivity index (χ1) is 21.8. The van der Waals surface area contributed by atoms with Crippen molar-refractivity contribution >= 4 is 53.4 Å². The van der Waals surface area contributed by atoms with Gasteiger partial charge < -0.3 is 4.57 Å². The lowest BCUT2D eigenvalue weighted by atomic mass is 10.0. The van der Waals surface area contributed by atoms with Crippen LogP contribution in [0.25, 0.3) is 81.6 Å². The van der Waals surface area contributed by atoms with Gasteiger partial charge in [0.2, 0.25) is 0 Å². The SMILES string of the molecule is c1ccc(-c2cccc(-c3nc(-c4ccc5c(c4)c4ccccc4n5-c4ccccc4)c4sc5ccccc5c4n3)c2)cc1. The highest BCUT2D eigenvalue weighted by molar-refractivity contribution is 7.26. The fourth-order valence-electron chi connectivity index (χ4n) is 6.36. The molecule has 0 unspecified atom stereocenters. The average molecular weight is 580 g/mol. The Morgan fingerprint density at radius 2 is 1.14 bits per heavy atom. The normalized spacial score (nSPS) is 11.6. The van der Waals surface area contributed by atoms with Crippen LogP contribution < -0.4 is 0 Å². The molecule has 0 aliphatic carbocycles. The van der Waals surface area contributed by atoms with Crippen LogP contribution in [0.2, 0.25) is 0 Å². The van der Waals surface area contributed by atoms with Crippen molar-refractivity contribution in [3.63, 3.8) is 0 Å². The standard InChI is InChI=1S/C40H25N3S/c1-3-12-26(13-4-1)27-14-11-15-29(24-27)40-41-37(39-38(42-40)32-19-8-10-21-36(32)44-39)28-22-23-35-33(25-28)31-18-7-9-20-34(31)43(35)30-16-5-2-6-17-30/h1-25H. The number of aromatic nitrogens is 3. The second-order valence-corrected chi connectivity index (χ2v) is 12.1. The molecule has 3 nitrogen and oxygen atoms in total. The van der Waals surface area contributed by atoms with E-state index in [1.165, 1.54) is 37.5 Å². The van der Waals surface area contributed by atoms with Crippen LogP contribution in [0.5, 0.6) is 0 Å². The van der Waals surface area contributed by atoms with Crippen LogP contribution in [0, 0.1) is 0 Å². The van der Waals surface area contributed by atoms with Gasteiger partial charge in [0.1, 0.15) is 0 Å². The van der Waals surface area contributed by atoms with Crippen molar-refractivity contribution in [2.45, 2.75) is 0 Å². The molecule has 4 heteroatoms. The topological polar surface area (TPSA) is 30.7 Å². The Kier molecular flexibility index (Phi) is 5.68. The third-order valence-electron chi connectivity index (χ3n) is 8.41. The summed E-state index contributed by atoms with van der Waals surface area (Å²) in [6, 6.07) is 53.6. The quantitative estimate of drug-likeness (QED) is 0.208. The largest absolute Gasteiger partial charge is 0.309 e. The molecule has 9 rings (SSSR count). The molecule has 0 N–H and O–H groups in total. The van der Waals surface area contributed by atoms with Crippen LogP contribution in [-0.2, 0) is 0 Å². The molecular formula is C40H25N3S. The number of para-hydroxylation sites is 2. The average Bonchev–Trinajstić information content (AvgIpc) is 3.64. The molecule has 0 atom stereocenters. The molecule has 0 aliphatic heterocycles. The Balaban J connectivity index is 1.30. The van der Waals surface area contributed by atoms with Crippen LogP contribution in [0.3, 0.4) is 0 Å². The van der Waals surface area contributed by atoms with Gasteiger partial charge in [0.15, 0.2) is 5.82 Å². The summed E-state index contributed by atoms with van der Waals surface area (Å²) in [5, 5.41) is 3.60. The van der Waals surface area contributed by atoms with Crippen LogP contribution in [0.1, 0.15) is 0 Å². The first-order valence-corrected chi connectivity index (χ1v) is 15.6. The minimum Gasteiger partial charge on any atom is -0.309 e. The van der Waals surface area contributed by atoms with Crippen molar-refractivity contribution in [1.29, 1.82) is 0 Å². The summed E-state index contributed by atoms with van der Waals surface area (Å²) >= 11 is 1.77. The van der Waals surface area contributed by atoms with Crippen LogP contribution in [0.4, 0.5) is 0 Å². The molecule has 0 aliphatic rings. The second kappa shape index (κ2) is 10.0. The second-order valence-electron chi connectivity index (χ2n) is 11.0. The molecule has 0 radical (unpaired) electrons. The summed E-state index contributed by atoms with van der Waals surface area (Å²) in [5.41, 5.74) is 9.92. The van der Waals surface area contributed by atoms with E-state index in [4.69, 9.17) is 9.97 Å². The van der Waals surface area contributed by atoms with E-state index in [1.807, 2.05) is 6.07 Å². The maximum absolute atomic E-state index is 5.32. The number of fused-ring (bicyclic) bond motifs is 6. The zero-order valence-corrected chi connectivity index (χ0v) is 24.5. The van der Waals surface area contributed by atoms with E-state index in [9.17, 15) is 0 Å². The fourth-order valence-corrected chi connectivity index (χ4v) is 7.51. The predicted octanol–water partition coefficient (Wildman–Crippen LogP) is 10.9. The van der Waals surface area contributed by atoms with E-state index >= 15 is 0 Å². The molecule has 0 amide bonds. The van der Waals surface area contributed by atoms with Crippen molar-refractivity contribution in [1.82, 2.24) is 14.5 Å². The van der Waals surface area contributed by atoms with E-state index in [1.54, 1.807) is 11.3 Å². The van der Waals surface area contributed by atoms with Crippen LogP contribution in [-0.4, -0.2) is 14.5 Å². The van der Waals surface area contributed by atoms with Gasteiger partial charge in [-0.2, -0.15) is 0 Å². The van der Waals surface area contributed by atoms with Crippen molar-refractivity contribution in [3.05, 3.63) is 152 Å². The monoisotopic (exact) mass is 579 g/mol. The summed E-state index contributed by atoms with van der Waals surface area (Å²) in [4.78, 5) is 10.5. The van der Waals surface area contributed by atoms with E-state index in [0.717, 1.165) is 44.1 Å². The minimum absolute atomic E-state index is 0.737. The third kappa shape index (κ3) is 3.96. The smallest absolute Gasteiger partial charge is 0.160 e. The van der Waals surface area contributed by atoms with Gasteiger partial charge in [-0.05, 0) is 53.6 Å². The Labute approximate surface area is 258 Å². The molecule has 3 heterocycles. The molecule has 206 valence electrons. The van der Waals surface area contributed by atoms with Crippen molar-refractivity contribution < 1.29 is 0 Å². The van der Waals surface area contributed by atoms with Gasteiger partial charge in [-0.25, -0.2) is 9.97 Å². The highest BCUT2D eigenvalue weighted by Gasteiger charge is 2.19. The lowest BCUT2D eigenvalue weighted by molar-refractivity contribution is 1.18. The van der Waals surface area contributed by atoms with E-state index in [2.05, 4.69) is 150 Å². The van der Waals surface area contributed by atoms with E-state index in [-0.39, 0.29) is 0 Å². The van der Waals surface area contributed by atoms with E-state index < -0.39 is 0 Å². The molecule has 9 aromatic rings. The summed E-state index contributed by atoms with van der Waals surface area (Å²) in [6.45, 7) is 0. The Morgan fingerprint density at radius 1 is 0.455 bits per heavy atom. The number of hydrogen-bond acceptors (Lipinski definition) is 3. The maximum Gasteiger partial charge on any atom is 0.160 e. The number of hydrogen-bond donors (Lipinski definition) is 0. The zero-order chi connectivity index (χ0) is 29.0. The Hall–Kier alpha value is -5.58. The Morgan fingerprint density at radius 3 is 2.00 bits per heavy atom. The fraction of sp³-hybridized carbons (Fsp3) is 0. The molecule has 0 fully saturated rings. The molecule has 3 aromatic heterocycles. The molecule has 44 heavy (non-hydrogen) atoms. The summed E-state index contributed by atoms with van der Waals surface area (Å²) in [5.74, 6) is 0.737. The van der Waals surface area contributed by atoms with Gasteiger partial charge in [0.25, 0.3) is 0 Å². The first-order valence-electron chi connectivity index (χ1n) is 14.8. The van der Waals surface area contributed by atoms with Crippen LogP contribution in [0.15, 0.2) is 152 Å². The van der Waals surface area contributed by atoms with Gasteiger partial charge in [-0.15, -0.1) is 11.3 Å². The summed E-state index contributed by atoms with van der Waals surface area (Å²) in [7, 11) is 0. The van der Waals surface area contributed by atoms with Gasteiger partial charge in [-0.3, -0.25) is 0 Å². The molecule has 0 saturated heterocycles. The van der Waals surface area contributed by atoms with Crippen molar-refractivity contribution in [2.75, 3.05) is 0 Å². The van der Waals surface area contributed by atoms with Crippen LogP contribution >= 0.6 is 11.3 Å². The highest BCUT2D eigenvalue weighted by atomic mass is 32.1. The lowest BCUT2D eigenvalue weighted by Crippen LogP contribution is -1.95. The molecule has 6 aromatic carbocycles. The minimum atomic E-state index is 0.737. The third-order valence-corrected chi connectivity index (χ3v) is 9.57. The highest BCUT2D eigenvalue weighted by Crippen LogP contribution is 2.41. The van der Waals surface area contributed by atoms with Gasteiger partial charge in [0, 0.05) is 37.7 Å². The van der Waals surface area contributed by atoms with Gasteiger partial charge in [0.05, 0.1) is 26.9 Å². The van der Waals surface area contributed by atoms with Gasteiger partial charge in [-0.1, -0.05) is 109 Å². The van der Waals surface area contributed by atoms with E-state index in [0.29, 0.717) is 0 Å². The first kappa shape index (κ1) is 25.0. The number of rotatable bonds is 4. The van der Waals surface area contributed by atoms with Crippen molar-refractivity contribution in [2.24, 2.45) is 0 Å². The molecule has 0 spiro atoms. The lowest BCUT2D eigenvalue weighted by Gasteiger charge is -2.10. The predicted molar refractivity (Wildman–Crippen MR) is 186 cm³/mol. The number of benzene rings is 6. The summed E-state index contributed by atoms with van der Waals surface area (Å²) < 4.78 is 4.68. The zero-order valence-electron chi connectivity index (χ0n) is 23.7. The summed E-state index contributed by atoms with van der Waals surface area (Å²) in [6.07, 6.45) is 0. The number of nitrogens with zero attached hydrogens (tertiary/aromatic N) is 3. The molecule has 0 saturated carbocycles. The molecule has 0 bridgehead atoms. The Bertz CT molecular complexity index is 2490. The number of thiophene rings is 1.